The summed E-state index contributed by atoms with van der Waals surface area (Å²) < 4.78 is 0. The van der Waals surface area contributed by atoms with E-state index in [1.165, 1.54) is 44.9 Å². The molecule has 0 aromatic heterocycles. The van der Waals surface area contributed by atoms with Gasteiger partial charge in [0.05, 0.1) is 6.42 Å². The molecular formula is C16H27NO2. The number of carbonyl (C=O) groups is 1. The summed E-state index contributed by atoms with van der Waals surface area (Å²) in [5, 5.41) is 8.73. The summed E-state index contributed by atoms with van der Waals surface area (Å²) in [6.07, 6.45) is 10.5. The zero-order chi connectivity index (χ0) is 13.5. The summed E-state index contributed by atoms with van der Waals surface area (Å²) in [5.74, 6) is 2.39. The van der Waals surface area contributed by atoms with Gasteiger partial charge in [0.25, 0.3) is 0 Å². The fourth-order valence-corrected chi connectivity index (χ4v) is 5.42. The molecule has 0 atom stereocenters. The molecule has 0 spiro atoms. The SMILES string of the molecule is CN(CCC(=O)O)CCC12CC3CC(CC(C3)C1)C2. The van der Waals surface area contributed by atoms with Crippen molar-refractivity contribution >= 4 is 5.97 Å². The van der Waals surface area contributed by atoms with Crippen molar-refractivity contribution in [2.24, 2.45) is 23.2 Å². The van der Waals surface area contributed by atoms with E-state index in [0.717, 1.165) is 24.3 Å². The molecule has 0 aliphatic heterocycles. The zero-order valence-electron chi connectivity index (χ0n) is 12.1. The van der Waals surface area contributed by atoms with Crippen molar-refractivity contribution in [1.82, 2.24) is 4.90 Å². The molecule has 0 aromatic rings. The van der Waals surface area contributed by atoms with E-state index in [0.29, 0.717) is 12.0 Å². The number of carboxylic acid groups (broad SMARTS) is 1. The van der Waals surface area contributed by atoms with Crippen molar-refractivity contribution in [1.29, 1.82) is 0 Å². The topological polar surface area (TPSA) is 40.5 Å². The highest BCUT2D eigenvalue weighted by Crippen LogP contribution is 2.61. The molecule has 0 radical (unpaired) electrons. The van der Waals surface area contributed by atoms with Gasteiger partial charge in [-0.2, -0.15) is 0 Å². The molecule has 4 fully saturated rings. The lowest BCUT2D eigenvalue weighted by atomic mass is 9.49. The summed E-state index contributed by atoms with van der Waals surface area (Å²) in [6, 6.07) is 0. The van der Waals surface area contributed by atoms with E-state index in [4.69, 9.17) is 5.11 Å². The van der Waals surface area contributed by atoms with E-state index in [9.17, 15) is 4.79 Å². The molecule has 0 heterocycles. The summed E-state index contributed by atoms with van der Waals surface area (Å²) in [6.45, 7) is 1.78. The van der Waals surface area contributed by atoms with Gasteiger partial charge in [-0.15, -0.1) is 0 Å². The molecule has 3 nitrogen and oxygen atoms in total. The van der Waals surface area contributed by atoms with Crippen LogP contribution in [0.4, 0.5) is 0 Å². The van der Waals surface area contributed by atoms with Gasteiger partial charge in [-0.3, -0.25) is 4.79 Å². The van der Waals surface area contributed by atoms with Crippen LogP contribution in [0.15, 0.2) is 0 Å². The molecule has 19 heavy (non-hydrogen) atoms. The number of nitrogens with zero attached hydrogens (tertiary/aromatic N) is 1. The lowest BCUT2D eigenvalue weighted by Gasteiger charge is -2.57. The first-order chi connectivity index (χ1) is 9.05. The molecule has 4 bridgehead atoms. The molecule has 4 aliphatic carbocycles. The van der Waals surface area contributed by atoms with E-state index < -0.39 is 5.97 Å². The largest absolute Gasteiger partial charge is 0.481 e. The van der Waals surface area contributed by atoms with Gasteiger partial charge in [-0.25, -0.2) is 0 Å². The summed E-state index contributed by atoms with van der Waals surface area (Å²) in [7, 11) is 2.07. The maximum absolute atomic E-state index is 10.6. The molecular weight excluding hydrogens is 238 g/mol. The summed E-state index contributed by atoms with van der Waals surface area (Å²) >= 11 is 0. The Morgan fingerprint density at radius 1 is 1.11 bits per heavy atom. The van der Waals surface area contributed by atoms with Crippen LogP contribution in [0.1, 0.15) is 51.4 Å². The monoisotopic (exact) mass is 265 g/mol. The Bertz CT molecular complexity index is 317. The van der Waals surface area contributed by atoms with E-state index >= 15 is 0 Å². The van der Waals surface area contributed by atoms with Crippen LogP contribution in [0.25, 0.3) is 0 Å². The maximum Gasteiger partial charge on any atom is 0.304 e. The number of rotatable bonds is 6. The van der Waals surface area contributed by atoms with Crippen LogP contribution in [-0.2, 0) is 4.79 Å². The van der Waals surface area contributed by atoms with Crippen molar-refractivity contribution < 1.29 is 9.90 Å². The van der Waals surface area contributed by atoms with Gasteiger partial charge in [-0.05, 0) is 81.7 Å². The van der Waals surface area contributed by atoms with E-state index in [2.05, 4.69) is 11.9 Å². The second kappa shape index (κ2) is 5.08. The third kappa shape index (κ3) is 2.96. The second-order valence-electron chi connectivity index (χ2n) is 7.61. The van der Waals surface area contributed by atoms with Crippen LogP contribution in [0.5, 0.6) is 0 Å². The highest BCUT2D eigenvalue weighted by atomic mass is 16.4. The normalized spacial score (nSPS) is 40.0. The summed E-state index contributed by atoms with van der Waals surface area (Å²) in [4.78, 5) is 12.8. The van der Waals surface area contributed by atoms with Crippen molar-refractivity contribution in [2.45, 2.75) is 51.4 Å². The maximum atomic E-state index is 10.6. The fraction of sp³-hybridized carbons (Fsp3) is 0.938. The van der Waals surface area contributed by atoms with Crippen LogP contribution in [0.2, 0.25) is 0 Å². The first-order valence-corrected chi connectivity index (χ1v) is 7.95. The minimum Gasteiger partial charge on any atom is -0.481 e. The quantitative estimate of drug-likeness (QED) is 0.802. The lowest BCUT2D eigenvalue weighted by molar-refractivity contribution is -0.137. The van der Waals surface area contributed by atoms with Crippen LogP contribution in [-0.4, -0.2) is 36.1 Å². The highest BCUT2D eigenvalue weighted by Gasteiger charge is 2.50. The van der Waals surface area contributed by atoms with Gasteiger partial charge < -0.3 is 10.0 Å². The molecule has 3 heteroatoms. The van der Waals surface area contributed by atoms with Crippen LogP contribution < -0.4 is 0 Å². The van der Waals surface area contributed by atoms with Gasteiger partial charge in [-0.1, -0.05) is 0 Å². The number of aliphatic carboxylic acids is 1. The Morgan fingerprint density at radius 3 is 2.11 bits per heavy atom. The predicted octanol–water partition coefficient (Wildman–Crippen LogP) is 3.00. The first-order valence-electron chi connectivity index (χ1n) is 7.95. The minimum atomic E-state index is -0.679. The first kappa shape index (κ1) is 13.4. The smallest absolute Gasteiger partial charge is 0.304 e. The molecule has 108 valence electrons. The second-order valence-corrected chi connectivity index (χ2v) is 7.61. The van der Waals surface area contributed by atoms with Crippen LogP contribution >= 0.6 is 0 Å². The van der Waals surface area contributed by atoms with Crippen molar-refractivity contribution in [3.05, 3.63) is 0 Å². The Labute approximate surface area is 116 Å². The number of hydrogen-bond acceptors (Lipinski definition) is 2. The van der Waals surface area contributed by atoms with Gasteiger partial charge in [0, 0.05) is 6.54 Å². The molecule has 1 N–H and O–H groups in total. The summed E-state index contributed by atoms with van der Waals surface area (Å²) in [5.41, 5.74) is 0.631. The van der Waals surface area contributed by atoms with Gasteiger partial charge in [0.1, 0.15) is 0 Å². The van der Waals surface area contributed by atoms with E-state index in [1.807, 2.05) is 0 Å². The van der Waals surface area contributed by atoms with E-state index in [1.54, 1.807) is 0 Å². The Morgan fingerprint density at radius 2 is 1.63 bits per heavy atom. The van der Waals surface area contributed by atoms with Crippen LogP contribution in [0, 0.1) is 23.2 Å². The lowest BCUT2D eigenvalue weighted by Crippen LogP contribution is -2.47. The Hall–Kier alpha value is -0.570. The van der Waals surface area contributed by atoms with Crippen molar-refractivity contribution in [2.75, 3.05) is 20.1 Å². The number of carboxylic acids is 1. The highest BCUT2D eigenvalue weighted by molar-refractivity contribution is 5.66. The average molecular weight is 265 g/mol. The van der Waals surface area contributed by atoms with Crippen molar-refractivity contribution in [3.63, 3.8) is 0 Å². The Balaban J connectivity index is 1.51. The molecule has 4 aliphatic rings. The third-order valence-electron chi connectivity index (χ3n) is 5.90. The molecule has 4 saturated carbocycles. The predicted molar refractivity (Wildman–Crippen MR) is 75.0 cm³/mol. The molecule has 0 saturated heterocycles. The van der Waals surface area contributed by atoms with Gasteiger partial charge in [0.15, 0.2) is 0 Å². The van der Waals surface area contributed by atoms with Crippen LogP contribution in [0.3, 0.4) is 0 Å². The number of hydrogen-bond donors (Lipinski definition) is 1. The molecule has 4 rings (SSSR count). The molecule has 0 aromatic carbocycles. The fourth-order valence-electron chi connectivity index (χ4n) is 5.42. The van der Waals surface area contributed by atoms with Gasteiger partial charge in [0.2, 0.25) is 0 Å². The zero-order valence-corrected chi connectivity index (χ0v) is 12.1. The minimum absolute atomic E-state index is 0.275. The average Bonchev–Trinajstić information content (AvgIpc) is 2.32. The third-order valence-corrected chi connectivity index (χ3v) is 5.90. The standard InChI is InChI=1S/C16H27NO2/c1-17(4-2-15(18)19)5-3-16-9-12-6-13(10-16)8-14(7-12)11-16/h12-14H,2-11H2,1H3,(H,18,19). The van der Waals surface area contributed by atoms with Crippen molar-refractivity contribution in [3.8, 4) is 0 Å². The van der Waals surface area contributed by atoms with Gasteiger partial charge >= 0.3 is 5.97 Å². The molecule has 0 amide bonds. The molecule has 0 unspecified atom stereocenters. The Kier molecular flexibility index (Phi) is 3.59. The van der Waals surface area contributed by atoms with E-state index in [-0.39, 0.29) is 6.42 Å².